The molecule has 1 fully saturated rings. The van der Waals surface area contributed by atoms with E-state index in [1.807, 2.05) is 20.8 Å². The molecule has 0 radical (unpaired) electrons. The lowest BCUT2D eigenvalue weighted by molar-refractivity contribution is -0.145. The Hall–Kier alpha value is -1.59. The highest BCUT2D eigenvalue weighted by atomic mass is 16.6. The van der Waals surface area contributed by atoms with E-state index >= 15 is 0 Å². The minimum atomic E-state index is -0.524. The van der Waals surface area contributed by atoms with Gasteiger partial charge in [0.2, 0.25) is 0 Å². The number of Topliss-reactive ketones (excluding diaryl/α,β-unsaturated/α-hetero) is 1. The highest BCUT2D eigenvalue weighted by molar-refractivity contribution is 5.95. The Balaban J connectivity index is 2.44. The van der Waals surface area contributed by atoms with Crippen LogP contribution in [0.2, 0.25) is 0 Å². The Morgan fingerprint density at radius 2 is 1.91 bits per heavy atom. The maximum Gasteiger partial charge on any atom is 0.410 e. The molecule has 22 heavy (non-hydrogen) atoms. The standard InChI is InChI=1S/C16H27NO5/c1-5-21-14(19)10-13(18)9-12-7-6-8-17(11-12)15(20)22-16(2,3)4/h12H,5-11H2,1-4H3. The van der Waals surface area contributed by atoms with Crippen LogP contribution in [0.3, 0.4) is 0 Å². The molecule has 0 aromatic rings. The van der Waals surface area contributed by atoms with E-state index in [1.54, 1.807) is 11.8 Å². The van der Waals surface area contributed by atoms with E-state index < -0.39 is 11.6 Å². The average Bonchev–Trinajstić information content (AvgIpc) is 2.36. The van der Waals surface area contributed by atoms with E-state index in [0.29, 0.717) is 19.5 Å². The van der Waals surface area contributed by atoms with Gasteiger partial charge in [0.1, 0.15) is 17.8 Å². The first kappa shape index (κ1) is 18.5. The molecular weight excluding hydrogens is 286 g/mol. The second kappa shape index (κ2) is 8.15. The average molecular weight is 313 g/mol. The lowest BCUT2D eigenvalue weighted by Crippen LogP contribution is -2.43. The molecule has 1 heterocycles. The number of nitrogens with zero attached hydrogens (tertiary/aromatic N) is 1. The molecule has 0 aromatic carbocycles. The van der Waals surface area contributed by atoms with Crippen molar-refractivity contribution in [2.75, 3.05) is 19.7 Å². The Labute approximate surface area is 132 Å². The van der Waals surface area contributed by atoms with Gasteiger partial charge in [-0.3, -0.25) is 9.59 Å². The summed E-state index contributed by atoms with van der Waals surface area (Å²) < 4.78 is 10.1. The van der Waals surface area contributed by atoms with E-state index in [-0.39, 0.29) is 30.8 Å². The lowest BCUT2D eigenvalue weighted by atomic mass is 9.92. The summed E-state index contributed by atoms with van der Waals surface area (Å²) in [5.41, 5.74) is -0.524. The zero-order chi connectivity index (χ0) is 16.8. The SMILES string of the molecule is CCOC(=O)CC(=O)CC1CCCN(C(=O)OC(C)(C)C)C1. The third-order valence-corrected chi connectivity index (χ3v) is 3.33. The number of carbonyl (C=O) groups excluding carboxylic acids is 3. The maximum absolute atomic E-state index is 12.1. The molecule has 0 spiro atoms. The van der Waals surface area contributed by atoms with Crippen molar-refractivity contribution in [1.82, 2.24) is 4.90 Å². The van der Waals surface area contributed by atoms with Crippen molar-refractivity contribution < 1.29 is 23.9 Å². The van der Waals surface area contributed by atoms with Crippen LogP contribution in [-0.4, -0.2) is 48.0 Å². The second-order valence-corrected chi connectivity index (χ2v) is 6.66. The van der Waals surface area contributed by atoms with E-state index in [2.05, 4.69) is 0 Å². The van der Waals surface area contributed by atoms with Gasteiger partial charge in [0.25, 0.3) is 0 Å². The van der Waals surface area contributed by atoms with Crippen molar-refractivity contribution in [2.45, 2.75) is 59.0 Å². The van der Waals surface area contributed by atoms with Gasteiger partial charge in [0.15, 0.2) is 0 Å². The summed E-state index contributed by atoms with van der Waals surface area (Å²) in [7, 11) is 0. The smallest absolute Gasteiger partial charge is 0.410 e. The van der Waals surface area contributed by atoms with E-state index in [0.717, 1.165) is 12.8 Å². The number of hydrogen-bond donors (Lipinski definition) is 0. The fraction of sp³-hybridized carbons (Fsp3) is 0.812. The van der Waals surface area contributed by atoms with Crippen LogP contribution in [0.1, 0.15) is 53.4 Å². The summed E-state index contributed by atoms with van der Waals surface area (Å²) in [5, 5.41) is 0. The number of rotatable bonds is 5. The Kier molecular flexibility index (Phi) is 6.84. The highest BCUT2D eigenvalue weighted by Crippen LogP contribution is 2.22. The molecule has 1 aliphatic heterocycles. The third kappa shape index (κ3) is 6.91. The van der Waals surface area contributed by atoms with Crippen LogP contribution in [0, 0.1) is 5.92 Å². The minimum absolute atomic E-state index is 0.0863. The van der Waals surface area contributed by atoms with Gasteiger partial charge in [-0.15, -0.1) is 0 Å². The summed E-state index contributed by atoms with van der Waals surface area (Å²) in [6, 6.07) is 0. The maximum atomic E-state index is 12.1. The zero-order valence-electron chi connectivity index (χ0n) is 14.0. The summed E-state index contributed by atoms with van der Waals surface area (Å²) in [5.74, 6) is -0.523. The number of carbonyl (C=O) groups is 3. The fourth-order valence-corrected chi connectivity index (χ4v) is 2.49. The van der Waals surface area contributed by atoms with E-state index in [9.17, 15) is 14.4 Å². The molecule has 126 valence electrons. The van der Waals surface area contributed by atoms with Gasteiger partial charge in [-0.05, 0) is 46.5 Å². The van der Waals surface area contributed by atoms with E-state index in [1.165, 1.54) is 0 Å². The number of ether oxygens (including phenoxy) is 2. The second-order valence-electron chi connectivity index (χ2n) is 6.66. The van der Waals surface area contributed by atoms with Gasteiger partial charge in [-0.25, -0.2) is 4.79 Å². The van der Waals surface area contributed by atoms with Crippen molar-refractivity contribution in [2.24, 2.45) is 5.92 Å². The van der Waals surface area contributed by atoms with Crippen LogP contribution in [0.5, 0.6) is 0 Å². The molecule has 0 saturated carbocycles. The Bertz CT molecular complexity index is 413. The molecule has 1 aliphatic rings. The molecule has 1 unspecified atom stereocenters. The number of ketones is 1. The number of likely N-dealkylation sites (tertiary alicyclic amines) is 1. The fourth-order valence-electron chi connectivity index (χ4n) is 2.49. The van der Waals surface area contributed by atoms with Crippen LogP contribution in [0.15, 0.2) is 0 Å². The predicted molar refractivity (Wildman–Crippen MR) is 81.4 cm³/mol. The number of hydrogen-bond acceptors (Lipinski definition) is 5. The topological polar surface area (TPSA) is 72.9 Å². The van der Waals surface area contributed by atoms with Crippen LogP contribution < -0.4 is 0 Å². The van der Waals surface area contributed by atoms with Gasteiger partial charge in [0.05, 0.1) is 6.61 Å². The van der Waals surface area contributed by atoms with Crippen molar-refractivity contribution in [3.63, 3.8) is 0 Å². The molecular formula is C16H27NO5. The minimum Gasteiger partial charge on any atom is -0.466 e. The molecule has 6 nitrogen and oxygen atoms in total. The molecule has 1 rings (SSSR count). The molecule has 1 atom stereocenters. The summed E-state index contributed by atoms with van der Waals surface area (Å²) in [4.78, 5) is 36.9. The van der Waals surface area contributed by atoms with Crippen molar-refractivity contribution in [3.05, 3.63) is 0 Å². The monoisotopic (exact) mass is 313 g/mol. The van der Waals surface area contributed by atoms with E-state index in [4.69, 9.17) is 9.47 Å². The van der Waals surface area contributed by atoms with Gasteiger partial charge in [-0.2, -0.15) is 0 Å². The first-order valence-electron chi connectivity index (χ1n) is 7.86. The molecule has 0 N–H and O–H groups in total. The third-order valence-electron chi connectivity index (χ3n) is 3.33. The van der Waals surface area contributed by atoms with Crippen molar-refractivity contribution in [1.29, 1.82) is 0 Å². The van der Waals surface area contributed by atoms with Crippen molar-refractivity contribution in [3.8, 4) is 0 Å². The van der Waals surface area contributed by atoms with Crippen LogP contribution in [-0.2, 0) is 19.1 Å². The van der Waals surface area contributed by atoms with Crippen LogP contribution in [0.25, 0.3) is 0 Å². The number of piperidine rings is 1. The highest BCUT2D eigenvalue weighted by Gasteiger charge is 2.29. The summed E-state index contributed by atoms with van der Waals surface area (Å²) >= 11 is 0. The molecule has 1 saturated heterocycles. The number of amides is 1. The van der Waals surface area contributed by atoms with Crippen molar-refractivity contribution >= 4 is 17.8 Å². The molecule has 1 amide bonds. The first-order chi connectivity index (χ1) is 10.2. The largest absolute Gasteiger partial charge is 0.466 e. The summed E-state index contributed by atoms with van der Waals surface area (Å²) in [6.07, 6.45) is 1.51. The van der Waals surface area contributed by atoms with Gasteiger partial charge < -0.3 is 14.4 Å². The zero-order valence-corrected chi connectivity index (χ0v) is 14.0. The Morgan fingerprint density at radius 3 is 2.50 bits per heavy atom. The predicted octanol–water partition coefficient (Wildman–Crippen LogP) is 2.55. The van der Waals surface area contributed by atoms with Gasteiger partial charge in [0, 0.05) is 19.5 Å². The molecule has 6 heteroatoms. The molecule has 0 aromatic heterocycles. The van der Waals surface area contributed by atoms with Gasteiger partial charge in [-0.1, -0.05) is 0 Å². The normalized spacial score (nSPS) is 18.7. The molecule has 0 aliphatic carbocycles. The van der Waals surface area contributed by atoms with Crippen LogP contribution >= 0.6 is 0 Å². The molecule has 0 bridgehead atoms. The quantitative estimate of drug-likeness (QED) is 0.576. The summed E-state index contributed by atoms with van der Waals surface area (Å²) in [6.45, 7) is 8.63. The lowest BCUT2D eigenvalue weighted by Gasteiger charge is -2.33. The number of esters is 1. The Morgan fingerprint density at radius 1 is 1.23 bits per heavy atom. The van der Waals surface area contributed by atoms with Gasteiger partial charge >= 0.3 is 12.1 Å². The van der Waals surface area contributed by atoms with Crippen LogP contribution in [0.4, 0.5) is 4.79 Å². The first-order valence-corrected chi connectivity index (χ1v) is 7.86.